The number of imidazole rings is 1. The number of carbonyl (C=O) groups is 1. The number of likely N-dealkylation sites (tertiary alicyclic amines) is 1. The van der Waals surface area contributed by atoms with Crippen molar-refractivity contribution in [3.63, 3.8) is 0 Å². The van der Waals surface area contributed by atoms with Crippen LogP contribution < -0.4 is 9.47 Å². The molecule has 2 aromatic heterocycles. The molecule has 1 amide bonds. The molecule has 0 spiro atoms. The lowest BCUT2D eigenvalue weighted by Gasteiger charge is -2.19. The fourth-order valence-electron chi connectivity index (χ4n) is 4.11. The first kappa shape index (κ1) is 17.0. The number of amides is 1. The number of rotatable bonds is 4. The number of hydrogen-bond donors (Lipinski definition) is 0. The van der Waals surface area contributed by atoms with E-state index in [0.717, 1.165) is 42.8 Å². The van der Waals surface area contributed by atoms with E-state index in [0.29, 0.717) is 23.6 Å². The predicted octanol–water partition coefficient (Wildman–Crippen LogP) is 3.20. The van der Waals surface area contributed by atoms with Gasteiger partial charge in [-0.1, -0.05) is 6.92 Å². The quantitative estimate of drug-likeness (QED) is 0.697. The van der Waals surface area contributed by atoms with E-state index in [-0.39, 0.29) is 18.7 Å². The molecule has 2 aliphatic heterocycles. The Kier molecular flexibility index (Phi) is 4.15. The number of hydrogen-bond acceptors (Lipinski definition) is 5. The van der Waals surface area contributed by atoms with Crippen molar-refractivity contribution in [2.75, 3.05) is 19.9 Å². The second kappa shape index (κ2) is 6.82. The van der Waals surface area contributed by atoms with Gasteiger partial charge in [0.25, 0.3) is 5.91 Å². The first-order valence-corrected chi connectivity index (χ1v) is 9.75. The molecule has 0 bridgehead atoms. The maximum absolute atomic E-state index is 13.0. The fraction of sp³-hybridized carbons (Fsp3) is 0.381. The molecule has 1 saturated heterocycles. The third-order valence-corrected chi connectivity index (χ3v) is 5.43. The summed E-state index contributed by atoms with van der Waals surface area (Å²) in [5, 5.41) is 0. The number of pyridine rings is 1. The molecule has 1 fully saturated rings. The van der Waals surface area contributed by atoms with E-state index in [4.69, 9.17) is 14.5 Å². The van der Waals surface area contributed by atoms with E-state index in [2.05, 4.69) is 16.5 Å². The Balaban J connectivity index is 1.41. The van der Waals surface area contributed by atoms with Crippen molar-refractivity contribution in [2.24, 2.45) is 0 Å². The van der Waals surface area contributed by atoms with Crippen LogP contribution >= 0.6 is 0 Å². The first-order valence-electron chi connectivity index (χ1n) is 9.75. The molecule has 2 aliphatic rings. The Morgan fingerprint density at radius 1 is 1.25 bits per heavy atom. The maximum atomic E-state index is 13.0. The van der Waals surface area contributed by atoms with Crippen LogP contribution in [-0.4, -0.2) is 45.2 Å². The highest BCUT2D eigenvalue weighted by Gasteiger charge is 2.31. The lowest BCUT2D eigenvalue weighted by Crippen LogP contribution is -2.29. The van der Waals surface area contributed by atoms with E-state index in [1.165, 1.54) is 0 Å². The van der Waals surface area contributed by atoms with E-state index in [9.17, 15) is 4.79 Å². The number of carbonyl (C=O) groups excluding carboxylic acids is 1. The van der Waals surface area contributed by atoms with Crippen LogP contribution in [0.4, 0.5) is 0 Å². The van der Waals surface area contributed by atoms with Gasteiger partial charge in [-0.05, 0) is 43.2 Å². The van der Waals surface area contributed by atoms with Crippen molar-refractivity contribution in [3.05, 3.63) is 47.9 Å². The molecule has 7 heteroatoms. The minimum absolute atomic E-state index is 0.0234. The Morgan fingerprint density at radius 2 is 2.14 bits per heavy atom. The van der Waals surface area contributed by atoms with Gasteiger partial charge in [-0.15, -0.1) is 0 Å². The van der Waals surface area contributed by atoms with Crippen molar-refractivity contribution in [2.45, 2.75) is 32.2 Å². The standard InChI is InChI=1S/C21H22N4O3/c1-2-4-19-23-16-5-3-9-22-20(16)25(19)15-8-10-24(12-15)21(26)14-6-7-17-18(11-14)28-13-27-17/h3,5-7,9,11,15H,2,4,8,10,12-13H2,1H3/t15-/m0/s1. The Labute approximate surface area is 162 Å². The lowest BCUT2D eigenvalue weighted by molar-refractivity contribution is 0.0787. The van der Waals surface area contributed by atoms with Crippen molar-refractivity contribution >= 4 is 17.1 Å². The monoisotopic (exact) mass is 378 g/mol. The van der Waals surface area contributed by atoms with Gasteiger partial charge in [0.05, 0.1) is 6.04 Å². The smallest absolute Gasteiger partial charge is 0.254 e. The van der Waals surface area contributed by atoms with Gasteiger partial charge in [0.1, 0.15) is 11.3 Å². The summed E-state index contributed by atoms with van der Waals surface area (Å²) in [6.07, 6.45) is 4.63. The fourth-order valence-corrected chi connectivity index (χ4v) is 4.11. The van der Waals surface area contributed by atoms with Crippen molar-refractivity contribution in [1.82, 2.24) is 19.4 Å². The Hall–Kier alpha value is -3.09. The van der Waals surface area contributed by atoms with Gasteiger partial charge in [0.2, 0.25) is 6.79 Å². The van der Waals surface area contributed by atoms with Crippen LogP contribution in [0.3, 0.4) is 0 Å². The zero-order chi connectivity index (χ0) is 19.1. The summed E-state index contributed by atoms with van der Waals surface area (Å²) >= 11 is 0. The minimum atomic E-state index is 0.0234. The third-order valence-electron chi connectivity index (χ3n) is 5.43. The van der Waals surface area contributed by atoms with Crippen LogP contribution in [0.25, 0.3) is 11.2 Å². The van der Waals surface area contributed by atoms with E-state index < -0.39 is 0 Å². The molecular formula is C21H22N4O3. The first-order chi connectivity index (χ1) is 13.7. The van der Waals surface area contributed by atoms with E-state index in [1.54, 1.807) is 24.4 Å². The topological polar surface area (TPSA) is 69.5 Å². The summed E-state index contributed by atoms with van der Waals surface area (Å²) < 4.78 is 13.0. The normalized spacial score (nSPS) is 18.2. The predicted molar refractivity (Wildman–Crippen MR) is 104 cm³/mol. The molecule has 1 aromatic carbocycles. The second-order valence-corrected chi connectivity index (χ2v) is 7.26. The van der Waals surface area contributed by atoms with Gasteiger partial charge >= 0.3 is 0 Å². The summed E-state index contributed by atoms with van der Waals surface area (Å²) in [4.78, 5) is 24.3. The molecule has 5 rings (SSSR count). The Morgan fingerprint density at radius 3 is 3.04 bits per heavy atom. The van der Waals surface area contributed by atoms with Crippen LogP contribution in [0.2, 0.25) is 0 Å². The van der Waals surface area contributed by atoms with E-state index >= 15 is 0 Å². The van der Waals surface area contributed by atoms with Crippen LogP contribution in [0.15, 0.2) is 36.5 Å². The Bertz CT molecular complexity index is 1050. The number of aryl methyl sites for hydroxylation is 1. The molecule has 28 heavy (non-hydrogen) atoms. The second-order valence-electron chi connectivity index (χ2n) is 7.26. The molecule has 0 saturated carbocycles. The number of fused-ring (bicyclic) bond motifs is 2. The highest BCUT2D eigenvalue weighted by molar-refractivity contribution is 5.95. The zero-order valence-electron chi connectivity index (χ0n) is 15.8. The number of nitrogens with zero attached hydrogens (tertiary/aromatic N) is 4. The van der Waals surface area contributed by atoms with Gasteiger partial charge in [0.15, 0.2) is 17.1 Å². The molecule has 7 nitrogen and oxygen atoms in total. The number of aromatic nitrogens is 3. The minimum Gasteiger partial charge on any atom is -0.454 e. The number of benzene rings is 1. The van der Waals surface area contributed by atoms with Crippen LogP contribution in [0.1, 0.15) is 42.0 Å². The van der Waals surface area contributed by atoms with E-state index in [1.807, 2.05) is 17.0 Å². The molecule has 144 valence electrons. The summed E-state index contributed by atoms with van der Waals surface area (Å²) in [6, 6.07) is 9.49. The third kappa shape index (κ3) is 2.78. The number of ether oxygens (including phenoxy) is 2. The van der Waals surface area contributed by atoms with Gasteiger partial charge in [-0.25, -0.2) is 9.97 Å². The lowest BCUT2D eigenvalue weighted by atomic mass is 10.2. The summed E-state index contributed by atoms with van der Waals surface area (Å²) in [5.41, 5.74) is 2.46. The van der Waals surface area contributed by atoms with Crippen LogP contribution in [0, 0.1) is 0 Å². The molecule has 0 N–H and O–H groups in total. The van der Waals surface area contributed by atoms with Crippen molar-refractivity contribution in [1.29, 1.82) is 0 Å². The maximum Gasteiger partial charge on any atom is 0.254 e. The molecule has 0 radical (unpaired) electrons. The molecule has 1 atom stereocenters. The molecule has 4 heterocycles. The van der Waals surface area contributed by atoms with Gasteiger partial charge < -0.3 is 18.9 Å². The average Bonchev–Trinajstić information content (AvgIpc) is 3.44. The largest absolute Gasteiger partial charge is 0.454 e. The van der Waals surface area contributed by atoms with Crippen LogP contribution in [0.5, 0.6) is 11.5 Å². The summed E-state index contributed by atoms with van der Waals surface area (Å²) in [7, 11) is 0. The highest BCUT2D eigenvalue weighted by atomic mass is 16.7. The van der Waals surface area contributed by atoms with Gasteiger partial charge in [-0.3, -0.25) is 4.79 Å². The molecular weight excluding hydrogens is 356 g/mol. The van der Waals surface area contributed by atoms with Gasteiger partial charge in [-0.2, -0.15) is 0 Å². The molecule has 0 aliphatic carbocycles. The highest BCUT2D eigenvalue weighted by Crippen LogP contribution is 2.34. The summed E-state index contributed by atoms with van der Waals surface area (Å²) in [6.45, 7) is 3.74. The average molecular weight is 378 g/mol. The van der Waals surface area contributed by atoms with Crippen molar-refractivity contribution < 1.29 is 14.3 Å². The molecule has 0 unspecified atom stereocenters. The molecule has 3 aromatic rings. The van der Waals surface area contributed by atoms with Crippen molar-refractivity contribution in [3.8, 4) is 11.5 Å². The SMILES string of the molecule is CCCc1nc2cccnc2n1[C@H]1CCN(C(=O)c2ccc3c(c2)OCO3)C1. The zero-order valence-corrected chi connectivity index (χ0v) is 15.8. The summed E-state index contributed by atoms with van der Waals surface area (Å²) in [5.74, 6) is 2.40. The van der Waals surface area contributed by atoms with Gasteiger partial charge in [0, 0.05) is 31.3 Å². The van der Waals surface area contributed by atoms with Crippen LogP contribution in [-0.2, 0) is 6.42 Å².